The van der Waals surface area contributed by atoms with Crippen molar-refractivity contribution in [3.63, 3.8) is 0 Å². The van der Waals surface area contributed by atoms with Gasteiger partial charge in [0.25, 0.3) is 5.56 Å². The number of para-hydroxylation sites is 1. The van der Waals surface area contributed by atoms with Gasteiger partial charge in [-0.05, 0) is 43.2 Å². The predicted octanol–water partition coefficient (Wildman–Crippen LogP) is 4.95. The number of rotatable bonds is 4. The third kappa shape index (κ3) is 3.76. The number of carbonyl (C=O) groups excluding carboxylic acids is 1. The number of pyridine rings is 1. The molecule has 2 aromatic carbocycles. The number of fused-ring (bicyclic) bond motifs is 1. The number of hydrogen-bond acceptors (Lipinski definition) is 2. The first-order valence-electron chi connectivity index (χ1n) is 8.21. The van der Waals surface area contributed by atoms with Gasteiger partial charge >= 0.3 is 0 Å². The molecule has 0 saturated heterocycles. The van der Waals surface area contributed by atoms with Gasteiger partial charge in [-0.1, -0.05) is 41.4 Å². The standard InChI is InChI=1S/C20H18Cl2N2O2/c1-12-4-3-5-15-13(2)10-19(26)24(20(12)15)9-8-18(25)23-17-7-6-14(21)11-16(17)22/h3-7,10-11H,8-9H2,1-2H3,(H,23,25). The Morgan fingerprint density at radius 3 is 2.58 bits per heavy atom. The number of aryl methyl sites for hydroxylation is 3. The van der Waals surface area contributed by atoms with Gasteiger partial charge in [-0.25, -0.2) is 0 Å². The van der Waals surface area contributed by atoms with E-state index >= 15 is 0 Å². The fourth-order valence-corrected chi connectivity index (χ4v) is 3.48. The highest BCUT2D eigenvalue weighted by atomic mass is 35.5. The quantitative estimate of drug-likeness (QED) is 0.686. The van der Waals surface area contributed by atoms with Crippen LogP contribution in [0.5, 0.6) is 0 Å². The van der Waals surface area contributed by atoms with E-state index in [2.05, 4.69) is 5.32 Å². The van der Waals surface area contributed by atoms with Gasteiger partial charge in [0.05, 0.1) is 16.2 Å². The number of amides is 1. The van der Waals surface area contributed by atoms with Crippen LogP contribution in [0, 0.1) is 13.8 Å². The van der Waals surface area contributed by atoms with Gasteiger partial charge in [0.1, 0.15) is 0 Å². The van der Waals surface area contributed by atoms with E-state index in [1.807, 2.05) is 32.0 Å². The number of nitrogens with one attached hydrogen (secondary N) is 1. The van der Waals surface area contributed by atoms with Gasteiger partial charge in [0, 0.05) is 29.4 Å². The molecule has 1 heterocycles. The molecule has 1 aromatic heterocycles. The van der Waals surface area contributed by atoms with Gasteiger partial charge in [-0.3, -0.25) is 9.59 Å². The molecule has 134 valence electrons. The molecule has 3 aromatic rings. The summed E-state index contributed by atoms with van der Waals surface area (Å²) in [5, 5.41) is 4.65. The van der Waals surface area contributed by atoms with Crippen LogP contribution in [0.15, 0.2) is 47.3 Å². The lowest BCUT2D eigenvalue weighted by atomic mass is 10.1. The molecule has 0 aliphatic carbocycles. The summed E-state index contributed by atoms with van der Waals surface area (Å²) >= 11 is 11.9. The molecular weight excluding hydrogens is 371 g/mol. The highest BCUT2D eigenvalue weighted by Crippen LogP contribution is 2.25. The Morgan fingerprint density at radius 2 is 1.85 bits per heavy atom. The van der Waals surface area contributed by atoms with E-state index in [0.717, 1.165) is 22.0 Å². The summed E-state index contributed by atoms with van der Waals surface area (Å²) in [4.78, 5) is 24.8. The molecule has 0 atom stereocenters. The maximum absolute atomic E-state index is 12.5. The fraction of sp³-hybridized carbons (Fsp3) is 0.200. The maximum atomic E-state index is 12.5. The van der Waals surface area contributed by atoms with Crippen molar-refractivity contribution in [2.24, 2.45) is 0 Å². The first-order valence-corrected chi connectivity index (χ1v) is 8.97. The first-order chi connectivity index (χ1) is 12.4. The Labute approximate surface area is 161 Å². The predicted molar refractivity (Wildman–Crippen MR) is 107 cm³/mol. The normalized spacial score (nSPS) is 10.9. The highest BCUT2D eigenvalue weighted by Gasteiger charge is 2.11. The van der Waals surface area contributed by atoms with Crippen molar-refractivity contribution in [3.05, 3.63) is 74.0 Å². The zero-order valence-corrected chi connectivity index (χ0v) is 16.0. The monoisotopic (exact) mass is 388 g/mol. The van der Waals surface area contributed by atoms with E-state index in [4.69, 9.17) is 23.2 Å². The lowest BCUT2D eigenvalue weighted by molar-refractivity contribution is -0.116. The second-order valence-corrected chi connectivity index (χ2v) is 7.05. The number of aromatic nitrogens is 1. The summed E-state index contributed by atoms with van der Waals surface area (Å²) in [6, 6.07) is 12.4. The van der Waals surface area contributed by atoms with Crippen LogP contribution in [0.4, 0.5) is 5.69 Å². The second-order valence-electron chi connectivity index (χ2n) is 6.21. The third-order valence-corrected chi connectivity index (χ3v) is 4.85. The van der Waals surface area contributed by atoms with Gasteiger partial charge in [0.2, 0.25) is 5.91 Å². The molecule has 0 fully saturated rings. The molecule has 0 aliphatic heterocycles. The van der Waals surface area contributed by atoms with E-state index < -0.39 is 0 Å². The zero-order valence-electron chi connectivity index (χ0n) is 14.5. The van der Waals surface area contributed by atoms with E-state index in [1.54, 1.807) is 28.8 Å². The van der Waals surface area contributed by atoms with E-state index in [-0.39, 0.29) is 24.4 Å². The summed E-state index contributed by atoms with van der Waals surface area (Å²) in [7, 11) is 0. The van der Waals surface area contributed by atoms with Crippen LogP contribution in [-0.2, 0) is 11.3 Å². The third-order valence-electron chi connectivity index (χ3n) is 4.31. The largest absolute Gasteiger partial charge is 0.325 e. The molecule has 6 heteroatoms. The first kappa shape index (κ1) is 18.5. The summed E-state index contributed by atoms with van der Waals surface area (Å²) in [5.74, 6) is -0.219. The van der Waals surface area contributed by atoms with Crippen LogP contribution in [0.3, 0.4) is 0 Å². The zero-order chi connectivity index (χ0) is 18.8. The molecule has 0 aliphatic rings. The molecule has 4 nitrogen and oxygen atoms in total. The topological polar surface area (TPSA) is 51.1 Å². The summed E-state index contributed by atoms with van der Waals surface area (Å²) < 4.78 is 1.65. The number of halogens is 2. The summed E-state index contributed by atoms with van der Waals surface area (Å²) in [6.45, 7) is 4.17. The Morgan fingerprint density at radius 1 is 1.08 bits per heavy atom. The van der Waals surface area contributed by atoms with Gasteiger partial charge < -0.3 is 9.88 Å². The summed E-state index contributed by atoms with van der Waals surface area (Å²) in [6.07, 6.45) is 0.158. The van der Waals surface area contributed by atoms with Crippen LogP contribution in [0.2, 0.25) is 10.0 Å². The van der Waals surface area contributed by atoms with Gasteiger partial charge in [-0.15, -0.1) is 0 Å². The minimum Gasteiger partial charge on any atom is -0.325 e. The second kappa shape index (κ2) is 7.52. The van der Waals surface area contributed by atoms with Crippen molar-refractivity contribution in [1.82, 2.24) is 4.57 Å². The Kier molecular flexibility index (Phi) is 5.35. The summed E-state index contributed by atoms with van der Waals surface area (Å²) in [5.41, 5.74) is 3.20. The molecule has 26 heavy (non-hydrogen) atoms. The molecular formula is C20H18Cl2N2O2. The van der Waals surface area contributed by atoms with E-state index in [9.17, 15) is 9.59 Å². The lowest BCUT2D eigenvalue weighted by Crippen LogP contribution is -2.24. The average Bonchev–Trinajstić information content (AvgIpc) is 2.58. The van der Waals surface area contributed by atoms with Crippen molar-refractivity contribution in [2.75, 3.05) is 5.32 Å². The number of anilines is 1. The van der Waals surface area contributed by atoms with Crippen LogP contribution < -0.4 is 10.9 Å². The van der Waals surface area contributed by atoms with Crippen LogP contribution in [0.1, 0.15) is 17.5 Å². The SMILES string of the molecule is Cc1cc(=O)n(CCC(=O)Nc2ccc(Cl)cc2Cl)c2c(C)cccc12. The fourth-order valence-electron chi connectivity index (χ4n) is 3.03. The van der Waals surface area contributed by atoms with Crippen LogP contribution in [0.25, 0.3) is 10.9 Å². The van der Waals surface area contributed by atoms with Crippen LogP contribution in [-0.4, -0.2) is 10.5 Å². The lowest BCUT2D eigenvalue weighted by Gasteiger charge is -2.14. The molecule has 0 spiro atoms. The average molecular weight is 389 g/mol. The molecule has 3 rings (SSSR count). The number of hydrogen-bond donors (Lipinski definition) is 1. The number of benzene rings is 2. The molecule has 0 bridgehead atoms. The highest BCUT2D eigenvalue weighted by molar-refractivity contribution is 6.36. The van der Waals surface area contributed by atoms with Crippen molar-refractivity contribution in [3.8, 4) is 0 Å². The molecule has 0 unspecified atom stereocenters. The van der Waals surface area contributed by atoms with Crippen molar-refractivity contribution in [2.45, 2.75) is 26.8 Å². The Balaban J connectivity index is 1.84. The van der Waals surface area contributed by atoms with Gasteiger partial charge in [0.15, 0.2) is 0 Å². The molecule has 1 amide bonds. The number of nitrogens with zero attached hydrogens (tertiary/aromatic N) is 1. The molecule has 0 radical (unpaired) electrons. The van der Waals surface area contributed by atoms with Crippen molar-refractivity contribution in [1.29, 1.82) is 0 Å². The van der Waals surface area contributed by atoms with Crippen LogP contribution >= 0.6 is 23.2 Å². The molecule has 0 saturated carbocycles. The Bertz CT molecular complexity index is 1060. The van der Waals surface area contributed by atoms with Gasteiger partial charge in [-0.2, -0.15) is 0 Å². The minimum absolute atomic E-state index is 0.110. The smallest absolute Gasteiger partial charge is 0.251 e. The van der Waals surface area contributed by atoms with E-state index in [0.29, 0.717) is 15.7 Å². The minimum atomic E-state index is -0.219. The van der Waals surface area contributed by atoms with Crippen molar-refractivity contribution < 1.29 is 4.79 Å². The molecule has 1 N–H and O–H groups in total. The van der Waals surface area contributed by atoms with E-state index in [1.165, 1.54) is 0 Å². The number of carbonyl (C=O) groups is 1. The maximum Gasteiger partial charge on any atom is 0.251 e. The van der Waals surface area contributed by atoms with Crippen molar-refractivity contribution >= 4 is 45.7 Å². The Hall–Kier alpha value is -2.30.